The van der Waals surface area contributed by atoms with Gasteiger partial charge in [-0.3, -0.25) is 0 Å². The van der Waals surface area contributed by atoms with Gasteiger partial charge in [-0.1, -0.05) is 72.8 Å². The Kier molecular flexibility index (Phi) is 3.70. The summed E-state index contributed by atoms with van der Waals surface area (Å²) < 4.78 is 0. The topological polar surface area (TPSA) is 40.5 Å². The van der Waals surface area contributed by atoms with Crippen LogP contribution in [0.15, 0.2) is 84.9 Å². The maximum absolute atomic E-state index is 10.0. The first-order chi connectivity index (χ1) is 13.2. The molecule has 5 rings (SSSR count). The quantitative estimate of drug-likeness (QED) is 0.633. The van der Waals surface area contributed by atoms with Gasteiger partial charge in [-0.05, 0) is 58.7 Å². The Morgan fingerprint density at radius 1 is 0.704 bits per heavy atom. The third-order valence-corrected chi connectivity index (χ3v) is 6.21. The van der Waals surface area contributed by atoms with Crippen LogP contribution >= 0.6 is 0 Å². The van der Waals surface area contributed by atoms with Gasteiger partial charge in [0.15, 0.2) is 0 Å². The summed E-state index contributed by atoms with van der Waals surface area (Å²) in [7, 11) is 0. The average molecular weight is 354 g/mol. The predicted octanol–water partition coefficient (Wildman–Crippen LogP) is 5.03. The smallest absolute Gasteiger partial charge is 0.115 e. The summed E-state index contributed by atoms with van der Waals surface area (Å²) >= 11 is 0. The number of benzene rings is 3. The Balaban J connectivity index is 1.86. The summed E-state index contributed by atoms with van der Waals surface area (Å²) in [6, 6.07) is 25.0. The number of fused-ring (bicyclic) bond motifs is 3. The minimum absolute atomic E-state index is 0.246. The highest BCUT2D eigenvalue weighted by Gasteiger charge is 2.49. The van der Waals surface area contributed by atoms with Gasteiger partial charge in [-0.25, -0.2) is 0 Å². The van der Waals surface area contributed by atoms with Crippen LogP contribution in [0.5, 0.6) is 5.75 Å². The van der Waals surface area contributed by atoms with Crippen molar-refractivity contribution in [2.45, 2.75) is 24.4 Å². The zero-order chi connectivity index (χ0) is 18.4. The molecule has 0 heterocycles. The molecule has 0 bridgehead atoms. The standard InChI is InChI=1S/C25H22O2/c26-19-13-9-17(10-14-19)25(18-11-15-20(27)16-12-18)23-7-3-1-5-21(23)22-6-2-4-8-24(22)25/h1-11,13-15,18,20,26-27H,12,16H2. The van der Waals surface area contributed by atoms with Crippen LogP contribution in [-0.2, 0) is 5.41 Å². The molecule has 0 saturated heterocycles. The molecule has 3 aromatic rings. The van der Waals surface area contributed by atoms with Crippen LogP contribution in [0.3, 0.4) is 0 Å². The van der Waals surface area contributed by atoms with Crippen molar-refractivity contribution in [2.24, 2.45) is 5.92 Å². The number of aliphatic hydroxyl groups excluding tert-OH is 1. The highest BCUT2D eigenvalue weighted by Crippen LogP contribution is 2.58. The van der Waals surface area contributed by atoms with E-state index in [0.717, 1.165) is 12.8 Å². The van der Waals surface area contributed by atoms with Crippen molar-refractivity contribution < 1.29 is 10.2 Å². The van der Waals surface area contributed by atoms with Crippen molar-refractivity contribution in [2.75, 3.05) is 0 Å². The first-order valence-electron chi connectivity index (χ1n) is 9.56. The number of allylic oxidation sites excluding steroid dienone is 1. The normalized spacial score (nSPS) is 22.3. The highest BCUT2D eigenvalue weighted by molar-refractivity contribution is 5.84. The second kappa shape index (κ2) is 6.11. The van der Waals surface area contributed by atoms with Gasteiger partial charge in [-0.15, -0.1) is 0 Å². The van der Waals surface area contributed by atoms with E-state index in [4.69, 9.17) is 0 Å². The Morgan fingerprint density at radius 3 is 1.85 bits per heavy atom. The van der Waals surface area contributed by atoms with Gasteiger partial charge in [-0.2, -0.15) is 0 Å². The summed E-state index contributed by atoms with van der Waals surface area (Å²) in [6.07, 6.45) is 5.47. The molecule has 2 nitrogen and oxygen atoms in total. The minimum atomic E-state index is -0.356. The van der Waals surface area contributed by atoms with Crippen LogP contribution in [-0.4, -0.2) is 16.3 Å². The van der Waals surface area contributed by atoms with Crippen LogP contribution in [0.1, 0.15) is 29.5 Å². The maximum Gasteiger partial charge on any atom is 0.115 e. The van der Waals surface area contributed by atoms with E-state index in [1.54, 1.807) is 12.1 Å². The molecule has 0 aliphatic heterocycles. The van der Waals surface area contributed by atoms with E-state index in [1.807, 2.05) is 18.2 Å². The van der Waals surface area contributed by atoms with Crippen LogP contribution in [0, 0.1) is 5.92 Å². The Hall–Kier alpha value is -2.84. The third kappa shape index (κ3) is 2.30. The number of phenols is 1. The number of phenolic OH excluding ortho intramolecular Hbond substituents is 1. The molecule has 0 fully saturated rings. The molecule has 2 aliphatic carbocycles. The van der Waals surface area contributed by atoms with Crippen molar-refractivity contribution in [3.63, 3.8) is 0 Å². The predicted molar refractivity (Wildman–Crippen MR) is 108 cm³/mol. The van der Waals surface area contributed by atoms with Gasteiger partial charge in [0.2, 0.25) is 0 Å². The van der Waals surface area contributed by atoms with Crippen molar-refractivity contribution in [1.82, 2.24) is 0 Å². The Labute approximate surface area is 159 Å². The summed E-state index contributed by atoms with van der Waals surface area (Å²) in [4.78, 5) is 0. The van der Waals surface area contributed by atoms with Crippen molar-refractivity contribution >= 4 is 0 Å². The summed E-state index contributed by atoms with van der Waals surface area (Å²) in [5.41, 5.74) is 6.05. The first-order valence-corrected chi connectivity index (χ1v) is 9.56. The van der Waals surface area contributed by atoms with Gasteiger partial charge in [0.05, 0.1) is 11.5 Å². The fraction of sp³-hybridized carbons (Fsp3) is 0.200. The zero-order valence-electron chi connectivity index (χ0n) is 15.0. The van der Waals surface area contributed by atoms with Gasteiger partial charge in [0, 0.05) is 0 Å². The van der Waals surface area contributed by atoms with E-state index < -0.39 is 0 Å². The average Bonchev–Trinajstić information content (AvgIpc) is 3.01. The van der Waals surface area contributed by atoms with E-state index in [2.05, 4.69) is 54.6 Å². The lowest BCUT2D eigenvalue weighted by molar-refractivity contribution is 0.187. The molecular weight excluding hydrogens is 332 g/mol. The molecule has 2 unspecified atom stereocenters. The molecule has 2 N–H and O–H groups in total. The van der Waals surface area contributed by atoms with Crippen molar-refractivity contribution in [3.05, 3.63) is 102 Å². The largest absolute Gasteiger partial charge is 0.508 e. The fourth-order valence-corrected chi connectivity index (χ4v) is 5.08. The molecule has 27 heavy (non-hydrogen) atoms. The lowest BCUT2D eigenvalue weighted by Gasteiger charge is -2.41. The van der Waals surface area contributed by atoms with Crippen molar-refractivity contribution in [3.8, 4) is 16.9 Å². The molecule has 2 heteroatoms. The third-order valence-electron chi connectivity index (χ3n) is 6.21. The first kappa shape index (κ1) is 16.3. The van der Waals surface area contributed by atoms with E-state index in [-0.39, 0.29) is 23.2 Å². The molecule has 0 radical (unpaired) electrons. The van der Waals surface area contributed by atoms with E-state index in [0.29, 0.717) is 0 Å². The fourth-order valence-electron chi connectivity index (χ4n) is 5.08. The molecule has 0 amide bonds. The summed E-state index contributed by atoms with van der Waals surface area (Å²) in [5, 5.41) is 19.9. The maximum atomic E-state index is 10.0. The number of rotatable bonds is 2. The van der Waals surface area contributed by atoms with E-state index >= 15 is 0 Å². The number of hydrogen-bond acceptors (Lipinski definition) is 2. The van der Waals surface area contributed by atoms with Crippen LogP contribution in [0.4, 0.5) is 0 Å². The molecule has 134 valence electrons. The summed E-state index contributed by atoms with van der Waals surface area (Å²) in [6.45, 7) is 0. The SMILES string of the molecule is Oc1ccc(C2(C3C=CC(O)CC3)c3ccccc3-c3ccccc32)cc1. The Bertz CT molecular complexity index is 971. The molecule has 3 aromatic carbocycles. The second-order valence-corrected chi connectivity index (χ2v) is 7.58. The second-order valence-electron chi connectivity index (χ2n) is 7.58. The van der Waals surface area contributed by atoms with Gasteiger partial charge >= 0.3 is 0 Å². The molecule has 0 aromatic heterocycles. The molecule has 0 saturated carbocycles. The van der Waals surface area contributed by atoms with Crippen LogP contribution < -0.4 is 0 Å². The van der Waals surface area contributed by atoms with E-state index in [1.165, 1.54) is 27.8 Å². The highest BCUT2D eigenvalue weighted by atomic mass is 16.3. The van der Waals surface area contributed by atoms with Crippen LogP contribution in [0.25, 0.3) is 11.1 Å². The lowest BCUT2D eigenvalue weighted by Crippen LogP contribution is -2.37. The summed E-state index contributed by atoms with van der Waals surface area (Å²) in [5.74, 6) is 0.526. The minimum Gasteiger partial charge on any atom is -0.508 e. The van der Waals surface area contributed by atoms with Gasteiger partial charge in [0.25, 0.3) is 0 Å². The van der Waals surface area contributed by atoms with Crippen LogP contribution in [0.2, 0.25) is 0 Å². The molecule has 0 spiro atoms. The van der Waals surface area contributed by atoms with E-state index in [9.17, 15) is 10.2 Å². The van der Waals surface area contributed by atoms with Gasteiger partial charge in [0.1, 0.15) is 5.75 Å². The Morgan fingerprint density at radius 2 is 1.30 bits per heavy atom. The van der Waals surface area contributed by atoms with Crippen molar-refractivity contribution in [1.29, 1.82) is 0 Å². The monoisotopic (exact) mass is 354 g/mol. The lowest BCUT2D eigenvalue weighted by atomic mass is 9.61. The molecule has 2 aliphatic rings. The number of aromatic hydroxyl groups is 1. The number of aliphatic hydroxyl groups is 1. The molecule has 2 atom stereocenters. The zero-order valence-corrected chi connectivity index (χ0v) is 15.0. The number of hydrogen-bond donors (Lipinski definition) is 2. The van der Waals surface area contributed by atoms with Gasteiger partial charge < -0.3 is 10.2 Å². The molecular formula is C25H22O2.